The third-order valence-corrected chi connectivity index (χ3v) is 4.68. The minimum atomic E-state index is 0. The average molecular weight is 370 g/mol. The molecule has 2 saturated heterocycles. The highest BCUT2D eigenvalue weighted by Crippen LogP contribution is 2.19. The maximum Gasteiger partial charge on any atom is 0.260 e. The minimum absolute atomic E-state index is 0. The van der Waals surface area contributed by atoms with Crippen molar-refractivity contribution < 1.29 is 14.3 Å². The van der Waals surface area contributed by atoms with Crippen LogP contribution in [0.1, 0.15) is 13.3 Å². The third-order valence-electron chi connectivity index (χ3n) is 4.68. The third kappa shape index (κ3) is 5.49. The van der Waals surface area contributed by atoms with E-state index in [2.05, 4.69) is 10.2 Å². The molecule has 0 radical (unpaired) electrons. The molecule has 0 saturated carbocycles. The Bertz CT molecular complexity index is 535. The number of carbonyl (C=O) groups excluding carboxylic acids is 1. The first-order chi connectivity index (χ1) is 11.8. The van der Waals surface area contributed by atoms with Gasteiger partial charge in [-0.05, 0) is 37.6 Å². The van der Waals surface area contributed by atoms with Crippen LogP contribution in [0, 0.1) is 0 Å². The molecule has 1 atom stereocenters. The van der Waals surface area contributed by atoms with Crippen LogP contribution < -0.4 is 14.8 Å². The fourth-order valence-corrected chi connectivity index (χ4v) is 3.35. The van der Waals surface area contributed by atoms with E-state index in [0.29, 0.717) is 18.4 Å². The van der Waals surface area contributed by atoms with Crippen LogP contribution in [-0.4, -0.2) is 74.2 Å². The van der Waals surface area contributed by atoms with Gasteiger partial charge in [-0.3, -0.25) is 9.69 Å². The normalized spacial score (nSPS) is 20.8. The highest BCUT2D eigenvalue weighted by atomic mass is 35.5. The quantitative estimate of drug-likeness (QED) is 0.821. The molecule has 2 aliphatic heterocycles. The van der Waals surface area contributed by atoms with Crippen LogP contribution in [0.3, 0.4) is 0 Å². The summed E-state index contributed by atoms with van der Waals surface area (Å²) in [5.74, 6) is 1.58. The summed E-state index contributed by atoms with van der Waals surface area (Å²) in [5, 5.41) is 3.37. The predicted molar refractivity (Wildman–Crippen MR) is 99.8 cm³/mol. The number of amides is 1. The molecule has 3 rings (SSSR count). The number of nitrogens with one attached hydrogen (secondary N) is 1. The van der Waals surface area contributed by atoms with Gasteiger partial charge in [-0.2, -0.15) is 0 Å². The minimum Gasteiger partial charge on any atom is -0.494 e. The molecular formula is C18H28ClN3O3. The van der Waals surface area contributed by atoms with E-state index in [1.54, 1.807) is 0 Å². The van der Waals surface area contributed by atoms with E-state index in [4.69, 9.17) is 9.47 Å². The van der Waals surface area contributed by atoms with Crippen molar-refractivity contribution in [2.24, 2.45) is 0 Å². The van der Waals surface area contributed by atoms with Gasteiger partial charge < -0.3 is 19.7 Å². The van der Waals surface area contributed by atoms with Gasteiger partial charge >= 0.3 is 0 Å². The smallest absolute Gasteiger partial charge is 0.260 e. The molecule has 1 aromatic carbocycles. The molecule has 1 amide bonds. The van der Waals surface area contributed by atoms with E-state index in [9.17, 15) is 4.79 Å². The first kappa shape index (κ1) is 19.8. The molecule has 1 unspecified atom stereocenters. The van der Waals surface area contributed by atoms with Crippen LogP contribution in [0.4, 0.5) is 0 Å². The molecule has 2 heterocycles. The lowest BCUT2D eigenvalue weighted by Crippen LogP contribution is -2.49. The van der Waals surface area contributed by atoms with Crippen LogP contribution in [0.2, 0.25) is 0 Å². The summed E-state index contributed by atoms with van der Waals surface area (Å²) in [4.78, 5) is 16.8. The Kier molecular flexibility index (Phi) is 7.81. The Morgan fingerprint density at radius 2 is 1.76 bits per heavy atom. The lowest BCUT2D eigenvalue weighted by molar-refractivity contribution is -0.132. The molecule has 0 bridgehead atoms. The standard InChI is InChI=1S/C18H27N3O3.ClH/c1-2-23-16-3-5-17(6-4-16)24-14-18(22)21-10-7-15(13-21)20-11-8-19-9-12-20;/h3-6,15,19H,2,7-14H2,1H3;1H. The second-order valence-electron chi connectivity index (χ2n) is 6.26. The summed E-state index contributed by atoms with van der Waals surface area (Å²) < 4.78 is 11.0. The van der Waals surface area contributed by atoms with Crippen molar-refractivity contribution >= 4 is 18.3 Å². The van der Waals surface area contributed by atoms with E-state index < -0.39 is 0 Å². The van der Waals surface area contributed by atoms with Crippen molar-refractivity contribution in [3.63, 3.8) is 0 Å². The van der Waals surface area contributed by atoms with E-state index in [-0.39, 0.29) is 24.9 Å². The van der Waals surface area contributed by atoms with Crippen LogP contribution in [0.15, 0.2) is 24.3 Å². The number of rotatable bonds is 6. The van der Waals surface area contributed by atoms with Gasteiger partial charge in [-0.15, -0.1) is 12.4 Å². The second kappa shape index (κ2) is 9.85. The van der Waals surface area contributed by atoms with Crippen molar-refractivity contribution in [3.8, 4) is 11.5 Å². The molecule has 0 aliphatic carbocycles. The molecule has 6 nitrogen and oxygen atoms in total. The van der Waals surface area contributed by atoms with Crippen molar-refractivity contribution in [1.29, 1.82) is 0 Å². The van der Waals surface area contributed by atoms with E-state index >= 15 is 0 Å². The van der Waals surface area contributed by atoms with Crippen molar-refractivity contribution in [2.75, 3.05) is 52.5 Å². The summed E-state index contributed by atoms with van der Waals surface area (Å²) in [6.45, 7) is 8.60. The zero-order valence-electron chi connectivity index (χ0n) is 14.8. The van der Waals surface area contributed by atoms with E-state index in [1.807, 2.05) is 36.1 Å². The Hall–Kier alpha value is -1.50. The number of benzene rings is 1. The number of nitrogens with zero attached hydrogens (tertiary/aromatic N) is 2. The fourth-order valence-electron chi connectivity index (χ4n) is 3.35. The Labute approximate surface area is 155 Å². The number of piperazine rings is 1. The first-order valence-corrected chi connectivity index (χ1v) is 8.84. The summed E-state index contributed by atoms with van der Waals surface area (Å²) >= 11 is 0. The van der Waals surface area contributed by atoms with Crippen molar-refractivity contribution in [1.82, 2.24) is 15.1 Å². The van der Waals surface area contributed by atoms with Gasteiger partial charge in [0.1, 0.15) is 11.5 Å². The van der Waals surface area contributed by atoms with Crippen LogP contribution in [0.25, 0.3) is 0 Å². The van der Waals surface area contributed by atoms with Crippen LogP contribution in [0.5, 0.6) is 11.5 Å². The monoisotopic (exact) mass is 369 g/mol. The summed E-state index contributed by atoms with van der Waals surface area (Å²) in [6.07, 6.45) is 1.06. The van der Waals surface area contributed by atoms with E-state index in [1.165, 1.54) is 0 Å². The molecule has 25 heavy (non-hydrogen) atoms. The van der Waals surface area contributed by atoms with Gasteiger partial charge in [-0.1, -0.05) is 0 Å². The summed E-state index contributed by atoms with van der Waals surface area (Å²) in [7, 11) is 0. The van der Waals surface area contributed by atoms with Gasteiger partial charge in [0.2, 0.25) is 0 Å². The van der Waals surface area contributed by atoms with Crippen molar-refractivity contribution in [3.05, 3.63) is 24.3 Å². The summed E-state index contributed by atoms with van der Waals surface area (Å²) in [6, 6.07) is 7.90. The number of likely N-dealkylation sites (tertiary alicyclic amines) is 1. The molecule has 1 N–H and O–H groups in total. The maximum absolute atomic E-state index is 12.4. The molecule has 140 valence electrons. The Morgan fingerprint density at radius 1 is 1.12 bits per heavy atom. The van der Waals surface area contributed by atoms with E-state index in [0.717, 1.165) is 51.4 Å². The number of hydrogen-bond acceptors (Lipinski definition) is 5. The molecule has 2 aliphatic rings. The average Bonchev–Trinajstić information content (AvgIpc) is 3.12. The van der Waals surface area contributed by atoms with Gasteiger partial charge in [-0.25, -0.2) is 0 Å². The van der Waals surface area contributed by atoms with Crippen LogP contribution >= 0.6 is 12.4 Å². The largest absolute Gasteiger partial charge is 0.494 e. The fraction of sp³-hybridized carbons (Fsp3) is 0.611. The maximum atomic E-state index is 12.4. The van der Waals surface area contributed by atoms with Crippen LogP contribution in [-0.2, 0) is 4.79 Å². The zero-order chi connectivity index (χ0) is 16.8. The topological polar surface area (TPSA) is 54.0 Å². The highest BCUT2D eigenvalue weighted by Gasteiger charge is 2.30. The Balaban J connectivity index is 0.00000225. The first-order valence-electron chi connectivity index (χ1n) is 8.84. The predicted octanol–water partition coefficient (Wildman–Crippen LogP) is 1.39. The molecular weight excluding hydrogens is 342 g/mol. The molecule has 0 spiro atoms. The SMILES string of the molecule is CCOc1ccc(OCC(=O)N2CCC(N3CCNCC3)C2)cc1.Cl. The van der Waals surface area contributed by atoms with Gasteiger partial charge in [0.05, 0.1) is 6.61 Å². The molecule has 7 heteroatoms. The Morgan fingerprint density at radius 3 is 2.40 bits per heavy atom. The molecule has 0 aromatic heterocycles. The van der Waals surface area contributed by atoms with Gasteiger partial charge in [0.25, 0.3) is 5.91 Å². The number of ether oxygens (including phenoxy) is 2. The number of halogens is 1. The van der Waals surface area contributed by atoms with Crippen molar-refractivity contribution in [2.45, 2.75) is 19.4 Å². The zero-order valence-corrected chi connectivity index (χ0v) is 15.6. The number of hydrogen-bond donors (Lipinski definition) is 1. The lowest BCUT2D eigenvalue weighted by Gasteiger charge is -2.32. The number of carbonyl (C=O) groups is 1. The second-order valence-corrected chi connectivity index (χ2v) is 6.26. The van der Waals surface area contributed by atoms with Gasteiger partial charge in [0.15, 0.2) is 6.61 Å². The molecule has 2 fully saturated rings. The highest BCUT2D eigenvalue weighted by molar-refractivity contribution is 5.85. The summed E-state index contributed by atoms with van der Waals surface area (Å²) in [5.41, 5.74) is 0. The molecule has 1 aromatic rings. The lowest BCUT2D eigenvalue weighted by atomic mass is 10.2. The van der Waals surface area contributed by atoms with Gasteiger partial charge in [0, 0.05) is 45.3 Å².